The molecule has 0 atom stereocenters. The number of carbonyl (C=O) groups excluding carboxylic acids is 2. The minimum absolute atomic E-state index is 0.160. The molecule has 0 N–H and O–H groups in total. The maximum atomic E-state index is 11.8. The Kier molecular flexibility index (Phi) is 5.81. The number of nitro groups is 1. The Balaban J connectivity index is 2.60. The minimum Gasteiger partial charge on any atom is -0.381 e. The monoisotopic (exact) mass is 265 g/mol. The number of carbonyl (C=O) groups is 2. The van der Waals surface area contributed by atoms with E-state index in [1.807, 2.05) is 6.92 Å². The summed E-state index contributed by atoms with van der Waals surface area (Å²) in [5, 5.41) is 10.6. The standard InChI is InChI=1S/C13H15NO5/c1-2-19-7-6-12(15)9-13(16)10-4-3-5-11(8-10)14(17)18/h3-5,8H,2,6-7,9H2,1H3. The highest BCUT2D eigenvalue weighted by molar-refractivity contribution is 6.08. The molecular weight excluding hydrogens is 250 g/mol. The van der Waals surface area contributed by atoms with E-state index >= 15 is 0 Å². The highest BCUT2D eigenvalue weighted by atomic mass is 16.6. The van der Waals surface area contributed by atoms with Crippen molar-refractivity contribution in [3.63, 3.8) is 0 Å². The number of non-ortho nitro benzene ring substituents is 1. The summed E-state index contributed by atoms with van der Waals surface area (Å²) < 4.78 is 5.02. The van der Waals surface area contributed by atoms with E-state index in [2.05, 4.69) is 0 Å². The lowest BCUT2D eigenvalue weighted by Crippen LogP contribution is -2.11. The van der Waals surface area contributed by atoms with Gasteiger partial charge in [0.1, 0.15) is 5.78 Å². The van der Waals surface area contributed by atoms with Gasteiger partial charge in [-0.2, -0.15) is 0 Å². The van der Waals surface area contributed by atoms with E-state index in [0.717, 1.165) is 0 Å². The van der Waals surface area contributed by atoms with Crippen molar-refractivity contribution in [3.05, 3.63) is 39.9 Å². The number of hydrogen-bond acceptors (Lipinski definition) is 5. The normalized spacial score (nSPS) is 10.2. The van der Waals surface area contributed by atoms with E-state index in [4.69, 9.17) is 4.74 Å². The van der Waals surface area contributed by atoms with Gasteiger partial charge in [0.15, 0.2) is 5.78 Å². The molecule has 102 valence electrons. The third-order valence-electron chi connectivity index (χ3n) is 2.47. The fraction of sp³-hybridized carbons (Fsp3) is 0.385. The molecule has 1 aromatic carbocycles. The highest BCUT2D eigenvalue weighted by Gasteiger charge is 2.14. The van der Waals surface area contributed by atoms with Crippen molar-refractivity contribution in [3.8, 4) is 0 Å². The van der Waals surface area contributed by atoms with Gasteiger partial charge >= 0.3 is 0 Å². The summed E-state index contributed by atoms with van der Waals surface area (Å²) in [7, 11) is 0. The van der Waals surface area contributed by atoms with E-state index in [-0.39, 0.29) is 36.5 Å². The number of ketones is 2. The molecule has 19 heavy (non-hydrogen) atoms. The van der Waals surface area contributed by atoms with Crippen LogP contribution in [0.3, 0.4) is 0 Å². The maximum Gasteiger partial charge on any atom is 0.270 e. The zero-order valence-corrected chi connectivity index (χ0v) is 10.6. The lowest BCUT2D eigenvalue weighted by Gasteiger charge is -2.02. The minimum atomic E-state index is -0.576. The maximum absolute atomic E-state index is 11.8. The Morgan fingerprint density at radius 1 is 1.37 bits per heavy atom. The number of nitrogens with zero attached hydrogens (tertiary/aromatic N) is 1. The average Bonchev–Trinajstić information content (AvgIpc) is 2.39. The summed E-state index contributed by atoms with van der Waals surface area (Å²) >= 11 is 0. The van der Waals surface area contributed by atoms with Crippen LogP contribution in [0.15, 0.2) is 24.3 Å². The second-order valence-electron chi connectivity index (χ2n) is 3.89. The Bertz CT molecular complexity index is 484. The molecule has 0 aliphatic rings. The molecule has 0 saturated heterocycles. The molecule has 0 unspecified atom stereocenters. The number of ether oxygens (including phenoxy) is 1. The number of nitro benzene ring substituents is 1. The zero-order valence-electron chi connectivity index (χ0n) is 10.6. The first-order chi connectivity index (χ1) is 9.04. The van der Waals surface area contributed by atoms with Crippen LogP contribution in [0.2, 0.25) is 0 Å². The van der Waals surface area contributed by atoms with E-state index in [9.17, 15) is 19.7 Å². The van der Waals surface area contributed by atoms with Gasteiger partial charge in [0, 0.05) is 30.7 Å². The number of hydrogen-bond donors (Lipinski definition) is 0. The van der Waals surface area contributed by atoms with Gasteiger partial charge in [-0.1, -0.05) is 12.1 Å². The third-order valence-corrected chi connectivity index (χ3v) is 2.47. The molecule has 0 fully saturated rings. The fourth-order valence-corrected chi connectivity index (χ4v) is 1.49. The zero-order chi connectivity index (χ0) is 14.3. The molecule has 0 radical (unpaired) electrons. The van der Waals surface area contributed by atoms with Crippen molar-refractivity contribution in [2.45, 2.75) is 19.8 Å². The smallest absolute Gasteiger partial charge is 0.270 e. The van der Waals surface area contributed by atoms with Gasteiger partial charge in [-0.15, -0.1) is 0 Å². The summed E-state index contributed by atoms with van der Waals surface area (Å²) in [5.74, 6) is -0.643. The van der Waals surface area contributed by atoms with Crippen LogP contribution in [0.1, 0.15) is 30.1 Å². The second kappa shape index (κ2) is 7.38. The lowest BCUT2D eigenvalue weighted by atomic mass is 10.0. The predicted octanol–water partition coefficient (Wildman–Crippen LogP) is 2.16. The van der Waals surface area contributed by atoms with Crippen LogP contribution in [0.25, 0.3) is 0 Å². The van der Waals surface area contributed by atoms with Crippen molar-refractivity contribution in [1.29, 1.82) is 0 Å². The Morgan fingerprint density at radius 3 is 2.74 bits per heavy atom. The van der Waals surface area contributed by atoms with Crippen LogP contribution in [0.5, 0.6) is 0 Å². The summed E-state index contributed by atoms with van der Waals surface area (Å²) in [4.78, 5) is 33.3. The van der Waals surface area contributed by atoms with Crippen LogP contribution in [0.4, 0.5) is 5.69 Å². The van der Waals surface area contributed by atoms with Crippen LogP contribution in [0, 0.1) is 10.1 Å². The van der Waals surface area contributed by atoms with E-state index in [1.54, 1.807) is 0 Å². The number of benzene rings is 1. The topological polar surface area (TPSA) is 86.5 Å². The Labute approximate surface area is 110 Å². The van der Waals surface area contributed by atoms with Crippen LogP contribution >= 0.6 is 0 Å². The van der Waals surface area contributed by atoms with Crippen molar-refractivity contribution in [2.24, 2.45) is 0 Å². The first-order valence-electron chi connectivity index (χ1n) is 5.91. The summed E-state index contributed by atoms with van der Waals surface area (Å²) in [6, 6.07) is 5.37. The van der Waals surface area contributed by atoms with Gasteiger partial charge in [-0.25, -0.2) is 0 Å². The molecule has 0 heterocycles. The van der Waals surface area contributed by atoms with Crippen molar-refractivity contribution >= 4 is 17.3 Å². The molecule has 1 rings (SSSR count). The largest absolute Gasteiger partial charge is 0.381 e. The molecule has 0 aromatic heterocycles. The van der Waals surface area contributed by atoms with Gasteiger partial charge in [0.25, 0.3) is 5.69 Å². The summed E-state index contributed by atoms with van der Waals surface area (Å²) in [5.41, 5.74) is 0.0200. The lowest BCUT2D eigenvalue weighted by molar-refractivity contribution is -0.384. The number of Topliss-reactive ketones (excluding diaryl/α,β-unsaturated/α-hetero) is 2. The third kappa shape index (κ3) is 4.97. The van der Waals surface area contributed by atoms with Crippen molar-refractivity contribution < 1.29 is 19.2 Å². The van der Waals surface area contributed by atoms with Crippen LogP contribution in [-0.4, -0.2) is 29.7 Å². The second-order valence-corrected chi connectivity index (χ2v) is 3.89. The predicted molar refractivity (Wildman–Crippen MR) is 68.2 cm³/mol. The van der Waals surface area contributed by atoms with Gasteiger partial charge < -0.3 is 4.74 Å². The van der Waals surface area contributed by atoms with Gasteiger partial charge in [-0.3, -0.25) is 19.7 Å². The quantitative estimate of drug-likeness (QED) is 0.236. The van der Waals surface area contributed by atoms with E-state index in [1.165, 1.54) is 24.3 Å². The Morgan fingerprint density at radius 2 is 2.11 bits per heavy atom. The molecule has 0 spiro atoms. The number of rotatable bonds is 8. The molecule has 1 aromatic rings. The SMILES string of the molecule is CCOCCC(=O)CC(=O)c1cccc([N+](=O)[O-])c1. The average molecular weight is 265 g/mol. The fourth-order valence-electron chi connectivity index (χ4n) is 1.49. The van der Waals surface area contributed by atoms with Crippen LogP contribution < -0.4 is 0 Å². The molecule has 6 heteroatoms. The Hall–Kier alpha value is -2.08. The van der Waals surface area contributed by atoms with E-state index in [0.29, 0.717) is 6.61 Å². The molecule has 0 aliphatic heterocycles. The molecule has 0 aliphatic carbocycles. The van der Waals surface area contributed by atoms with Crippen molar-refractivity contribution in [2.75, 3.05) is 13.2 Å². The molecule has 0 saturated carbocycles. The van der Waals surface area contributed by atoms with Gasteiger partial charge in [-0.05, 0) is 6.92 Å². The molecular formula is C13H15NO5. The summed E-state index contributed by atoms with van der Waals surface area (Å²) in [6.45, 7) is 2.63. The first-order valence-corrected chi connectivity index (χ1v) is 5.91. The van der Waals surface area contributed by atoms with Crippen LogP contribution in [-0.2, 0) is 9.53 Å². The first kappa shape index (κ1) is 15.0. The van der Waals surface area contributed by atoms with Crippen molar-refractivity contribution in [1.82, 2.24) is 0 Å². The molecule has 6 nitrogen and oxygen atoms in total. The van der Waals surface area contributed by atoms with Gasteiger partial charge in [0.2, 0.25) is 0 Å². The highest BCUT2D eigenvalue weighted by Crippen LogP contribution is 2.14. The molecule has 0 amide bonds. The molecule has 0 bridgehead atoms. The summed E-state index contributed by atoms with van der Waals surface area (Å²) in [6.07, 6.45) is -0.0806. The van der Waals surface area contributed by atoms with E-state index < -0.39 is 10.7 Å². The van der Waals surface area contributed by atoms with Gasteiger partial charge in [0.05, 0.1) is 18.0 Å².